The summed E-state index contributed by atoms with van der Waals surface area (Å²) in [6.45, 7) is 5.75. The first-order chi connectivity index (χ1) is 14.9. The van der Waals surface area contributed by atoms with E-state index < -0.39 is 0 Å². The summed E-state index contributed by atoms with van der Waals surface area (Å²) in [6.07, 6.45) is 7.82. The van der Waals surface area contributed by atoms with Crippen LogP contribution in [0.5, 0.6) is 0 Å². The Kier molecular flexibility index (Phi) is 9.63. The number of halogens is 1. The first kappa shape index (κ1) is 24.5. The Morgan fingerprint density at radius 1 is 1.32 bits per heavy atom. The van der Waals surface area contributed by atoms with E-state index in [9.17, 15) is 9.90 Å². The average Bonchev–Trinajstić information content (AvgIpc) is 2.74. The molecule has 0 bridgehead atoms. The van der Waals surface area contributed by atoms with E-state index >= 15 is 0 Å². The SMILES string of the molecule is CCC(CCO)N(C=O)C=Nc1c(C)cc(CC(=C/C(C)=N)/C=C/Cl)c2ccccc12. The Morgan fingerprint density at radius 3 is 2.61 bits per heavy atom. The minimum absolute atomic E-state index is 0.0230. The molecule has 0 fully saturated rings. The molecule has 0 aliphatic rings. The summed E-state index contributed by atoms with van der Waals surface area (Å²) >= 11 is 5.81. The number of carbonyl (C=O) groups excluding carboxylic acids is 1. The molecular weight excluding hydrogens is 410 g/mol. The van der Waals surface area contributed by atoms with Crippen molar-refractivity contribution in [3.8, 4) is 0 Å². The van der Waals surface area contributed by atoms with Crippen LogP contribution in [0, 0.1) is 12.3 Å². The van der Waals surface area contributed by atoms with Crippen molar-refractivity contribution in [2.24, 2.45) is 4.99 Å². The lowest BCUT2D eigenvalue weighted by Crippen LogP contribution is -2.33. The van der Waals surface area contributed by atoms with Crippen LogP contribution in [-0.2, 0) is 11.2 Å². The van der Waals surface area contributed by atoms with Gasteiger partial charge in [0.1, 0.15) is 0 Å². The number of rotatable bonds is 11. The minimum Gasteiger partial charge on any atom is -0.396 e. The number of aliphatic imine (C=N–C) groups is 1. The Balaban J connectivity index is 2.52. The van der Waals surface area contributed by atoms with E-state index in [-0.39, 0.29) is 12.6 Å². The summed E-state index contributed by atoms with van der Waals surface area (Å²) in [5.41, 5.74) is 5.80. The number of aliphatic hydroxyl groups excluding tert-OH is 1. The minimum atomic E-state index is -0.0866. The lowest BCUT2D eigenvalue weighted by Gasteiger charge is -2.22. The van der Waals surface area contributed by atoms with Gasteiger partial charge in [0.15, 0.2) is 0 Å². The molecule has 2 rings (SSSR count). The number of allylic oxidation sites excluding steroid dienone is 3. The van der Waals surface area contributed by atoms with E-state index in [1.807, 2.05) is 44.2 Å². The highest BCUT2D eigenvalue weighted by atomic mass is 35.5. The molecule has 1 unspecified atom stereocenters. The van der Waals surface area contributed by atoms with Crippen LogP contribution in [0.4, 0.5) is 5.69 Å². The molecule has 0 heterocycles. The number of benzene rings is 2. The summed E-state index contributed by atoms with van der Waals surface area (Å²) in [5.74, 6) is 0. The predicted octanol–water partition coefficient (Wildman–Crippen LogP) is 5.69. The maximum absolute atomic E-state index is 11.6. The molecule has 0 radical (unpaired) electrons. The Bertz CT molecular complexity index is 1010. The second kappa shape index (κ2) is 12.2. The van der Waals surface area contributed by atoms with Crippen molar-refractivity contribution in [1.29, 1.82) is 5.41 Å². The number of amides is 1. The molecular formula is C25H30ClN3O2. The molecule has 0 saturated carbocycles. The van der Waals surface area contributed by atoms with Crippen molar-refractivity contribution in [2.75, 3.05) is 6.61 Å². The molecule has 0 aliphatic carbocycles. The molecule has 31 heavy (non-hydrogen) atoms. The van der Waals surface area contributed by atoms with Gasteiger partial charge >= 0.3 is 0 Å². The monoisotopic (exact) mass is 439 g/mol. The summed E-state index contributed by atoms with van der Waals surface area (Å²) < 4.78 is 0. The van der Waals surface area contributed by atoms with Crippen LogP contribution in [0.1, 0.15) is 37.8 Å². The topological polar surface area (TPSA) is 76.8 Å². The number of carbonyl (C=O) groups is 1. The van der Waals surface area contributed by atoms with Crippen LogP contribution in [-0.4, -0.2) is 41.1 Å². The molecule has 0 spiro atoms. The van der Waals surface area contributed by atoms with Crippen molar-refractivity contribution in [3.63, 3.8) is 0 Å². The number of nitrogens with one attached hydrogen (secondary N) is 1. The Morgan fingerprint density at radius 2 is 2.03 bits per heavy atom. The van der Waals surface area contributed by atoms with E-state index in [0.29, 0.717) is 18.6 Å². The van der Waals surface area contributed by atoms with Crippen molar-refractivity contribution < 1.29 is 9.90 Å². The maximum atomic E-state index is 11.6. The standard InChI is InChI=1S/C25H30ClN3O2/c1-4-22(10-12-30)29(17-31)16-28-25-18(2)13-21(23-7-5-6-8-24(23)25)15-20(9-11-26)14-19(3)27/h5-9,11,13-14,16-17,22,27,30H,4,10,12,15H2,1-3H3/b11-9+,20-14+,27-19?,28-16?. The maximum Gasteiger partial charge on any atom is 0.215 e. The zero-order valence-electron chi connectivity index (χ0n) is 18.3. The highest BCUT2D eigenvalue weighted by Gasteiger charge is 2.14. The zero-order valence-corrected chi connectivity index (χ0v) is 19.1. The molecule has 6 heteroatoms. The number of hydrogen-bond acceptors (Lipinski definition) is 4. The molecule has 2 N–H and O–H groups in total. The van der Waals surface area contributed by atoms with Gasteiger partial charge in [-0.1, -0.05) is 48.9 Å². The highest BCUT2D eigenvalue weighted by Crippen LogP contribution is 2.33. The summed E-state index contributed by atoms with van der Waals surface area (Å²) in [6, 6.07) is 10.1. The number of aliphatic hydroxyl groups is 1. The van der Waals surface area contributed by atoms with Gasteiger partial charge in [-0.25, -0.2) is 4.99 Å². The molecule has 0 saturated heterocycles. The lowest BCUT2D eigenvalue weighted by molar-refractivity contribution is -0.116. The van der Waals surface area contributed by atoms with Crippen LogP contribution in [0.25, 0.3) is 10.8 Å². The number of aryl methyl sites for hydroxylation is 1. The largest absolute Gasteiger partial charge is 0.396 e. The second-order valence-electron chi connectivity index (χ2n) is 7.49. The average molecular weight is 440 g/mol. The molecule has 2 aromatic carbocycles. The second-order valence-corrected chi connectivity index (χ2v) is 7.74. The van der Waals surface area contributed by atoms with Crippen molar-refractivity contribution >= 4 is 46.5 Å². The Hall–Kier alpha value is -2.76. The molecule has 164 valence electrons. The number of nitrogens with zero attached hydrogens (tertiary/aromatic N) is 2. The molecule has 2 aromatic rings. The van der Waals surface area contributed by atoms with E-state index in [1.165, 1.54) is 10.4 Å². The predicted molar refractivity (Wildman–Crippen MR) is 131 cm³/mol. The van der Waals surface area contributed by atoms with Crippen LogP contribution in [0.3, 0.4) is 0 Å². The fourth-order valence-corrected chi connectivity index (χ4v) is 3.85. The third-order valence-corrected chi connectivity index (χ3v) is 5.29. The Labute approximate surface area is 189 Å². The number of fused-ring (bicyclic) bond motifs is 1. The number of hydrogen-bond donors (Lipinski definition) is 2. The molecule has 1 amide bonds. The fourth-order valence-electron chi connectivity index (χ4n) is 3.69. The summed E-state index contributed by atoms with van der Waals surface area (Å²) in [4.78, 5) is 17.8. The van der Waals surface area contributed by atoms with Gasteiger partial charge in [0.25, 0.3) is 0 Å². The van der Waals surface area contributed by atoms with Gasteiger partial charge in [-0.2, -0.15) is 0 Å². The van der Waals surface area contributed by atoms with Gasteiger partial charge in [0.2, 0.25) is 6.41 Å². The molecule has 0 aromatic heterocycles. The van der Waals surface area contributed by atoms with Gasteiger partial charge in [-0.05, 0) is 67.3 Å². The van der Waals surface area contributed by atoms with Crippen molar-refractivity contribution in [3.05, 3.63) is 64.7 Å². The van der Waals surface area contributed by atoms with Gasteiger partial charge in [-0.3, -0.25) is 4.79 Å². The van der Waals surface area contributed by atoms with Gasteiger partial charge < -0.3 is 15.4 Å². The lowest BCUT2D eigenvalue weighted by atomic mass is 9.94. The third-order valence-electron chi connectivity index (χ3n) is 5.16. The van der Waals surface area contributed by atoms with Crippen LogP contribution < -0.4 is 0 Å². The van der Waals surface area contributed by atoms with Crippen LogP contribution >= 0.6 is 11.6 Å². The van der Waals surface area contributed by atoms with Gasteiger partial charge in [-0.15, -0.1) is 0 Å². The highest BCUT2D eigenvalue weighted by molar-refractivity contribution is 6.25. The first-order valence-corrected chi connectivity index (χ1v) is 10.8. The van der Waals surface area contributed by atoms with E-state index in [0.717, 1.165) is 46.0 Å². The van der Waals surface area contributed by atoms with Crippen molar-refractivity contribution in [2.45, 2.75) is 46.1 Å². The molecule has 5 nitrogen and oxygen atoms in total. The van der Waals surface area contributed by atoms with E-state index in [4.69, 9.17) is 17.0 Å². The van der Waals surface area contributed by atoms with Crippen LogP contribution in [0.2, 0.25) is 0 Å². The quantitative estimate of drug-likeness (QED) is 0.204. The zero-order chi connectivity index (χ0) is 22.8. The first-order valence-electron chi connectivity index (χ1n) is 10.4. The van der Waals surface area contributed by atoms with Gasteiger partial charge in [0, 0.05) is 29.3 Å². The normalized spacial score (nSPS) is 13.3. The smallest absolute Gasteiger partial charge is 0.215 e. The van der Waals surface area contributed by atoms with Crippen LogP contribution in [0.15, 0.2) is 58.6 Å². The molecule has 1 atom stereocenters. The summed E-state index contributed by atoms with van der Waals surface area (Å²) in [5, 5.41) is 19.1. The van der Waals surface area contributed by atoms with Gasteiger partial charge in [0.05, 0.1) is 12.0 Å². The summed E-state index contributed by atoms with van der Waals surface area (Å²) in [7, 11) is 0. The molecule has 0 aliphatic heterocycles. The van der Waals surface area contributed by atoms with E-state index in [2.05, 4.69) is 17.1 Å². The third kappa shape index (κ3) is 6.61. The fraction of sp³-hybridized carbons (Fsp3) is 0.320. The van der Waals surface area contributed by atoms with Crippen molar-refractivity contribution in [1.82, 2.24) is 4.90 Å². The van der Waals surface area contributed by atoms with E-state index in [1.54, 1.807) is 13.3 Å².